The molecule has 2 aromatic carbocycles. The van der Waals surface area contributed by atoms with Crippen LogP contribution >= 0.6 is 0 Å². The molecule has 14 heteroatoms. The van der Waals surface area contributed by atoms with E-state index in [0.29, 0.717) is 22.7 Å². The van der Waals surface area contributed by atoms with Crippen LogP contribution in [0.4, 0.5) is 5.69 Å². The van der Waals surface area contributed by atoms with Crippen LogP contribution in [0.5, 0.6) is 17.2 Å². The number of nitriles is 1. The molecule has 2 heterocycles. The molecule has 0 radical (unpaired) electrons. The first kappa shape index (κ1) is 26.4. The highest BCUT2D eigenvalue weighted by atomic mass is 16.5. The maximum absolute atomic E-state index is 12.8. The Hall–Kier alpha value is -5.71. The predicted molar refractivity (Wildman–Crippen MR) is 138 cm³/mol. The number of hydrogen-bond acceptors (Lipinski definition) is 11. The largest absolute Gasteiger partial charge is 0.493 e. The van der Waals surface area contributed by atoms with E-state index in [-0.39, 0.29) is 35.5 Å². The number of nitrogens with two attached hydrogens (primary N) is 1. The summed E-state index contributed by atoms with van der Waals surface area (Å²) in [5.41, 5.74) is 6.34. The number of rotatable bonds is 10. The number of benzene rings is 2. The van der Waals surface area contributed by atoms with Crippen molar-refractivity contribution in [3.05, 3.63) is 82.3 Å². The Labute approximate surface area is 221 Å². The van der Waals surface area contributed by atoms with Gasteiger partial charge in [-0.25, -0.2) is 14.8 Å². The second-order valence-corrected chi connectivity index (χ2v) is 7.93. The van der Waals surface area contributed by atoms with Crippen molar-refractivity contribution in [2.24, 2.45) is 5.73 Å². The minimum Gasteiger partial charge on any atom is -0.493 e. The molecule has 1 atom stereocenters. The van der Waals surface area contributed by atoms with Gasteiger partial charge in [0.05, 0.1) is 12.7 Å². The van der Waals surface area contributed by atoms with Crippen LogP contribution in [0, 0.1) is 16.7 Å². The first-order valence-electron chi connectivity index (χ1n) is 11.4. The minimum atomic E-state index is -0.782. The average Bonchev–Trinajstić information content (AvgIpc) is 3.31. The Morgan fingerprint density at radius 3 is 2.64 bits per heavy atom. The Balaban J connectivity index is 1.81. The van der Waals surface area contributed by atoms with Crippen LogP contribution in [-0.4, -0.2) is 50.3 Å². The number of carbonyl (C=O) groups is 1. The summed E-state index contributed by atoms with van der Waals surface area (Å²) in [5, 5.41) is 24.3. The van der Waals surface area contributed by atoms with Crippen LogP contribution in [-0.2, 0) is 4.79 Å². The topological polar surface area (TPSA) is 207 Å². The maximum Gasteiger partial charge on any atom is 0.350 e. The summed E-state index contributed by atoms with van der Waals surface area (Å²) in [6.07, 6.45) is 2.97. The molecule has 0 amide bonds. The van der Waals surface area contributed by atoms with Gasteiger partial charge in [-0.15, -0.1) is 9.78 Å². The zero-order chi connectivity index (χ0) is 27.9. The third-order valence-corrected chi connectivity index (χ3v) is 5.30. The second kappa shape index (κ2) is 11.6. The maximum atomic E-state index is 12.8. The fraction of sp³-hybridized carbons (Fsp3) is 0.160. The Kier molecular flexibility index (Phi) is 7.81. The van der Waals surface area contributed by atoms with Gasteiger partial charge in [0.1, 0.15) is 23.7 Å². The standard InChI is InChI=1S/C25H23N9O5/c1-14(35)39-19-13-16(5-6-17(19)22(27)28)31-21(15-4-7-18(38-11-8-26)20(12-15)37-2)23-32-25(36)34(33-23)24-29-9-3-10-30-24/h3-7,9-10,12-13,21,31H,11H2,1-2H3,(H3,27,28)(H,32,33,36). The molecule has 2 aromatic heterocycles. The molecule has 0 fully saturated rings. The molecule has 0 spiro atoms. The molecule has 0 bridgehead atoms. The second-order valence-electron chi connectivity index (χ2n) is 7.93. The minimum absolute atomic E-state index is 0.0736. The van der Waals surface area contributed by atoms with E-state index < -0.39 is 17.7 Å². The van der Waals surface area contributed by atoms with Gasteiger partial charge < -0.3 is 25.3 Å². The highest BCUT2D eigenvalue weighted by Crippen LogP contribution is 2.34. The third kappa shape index (κ3) is 6.00. The van der Waals surface area contributed by atoms with E-state index in [2.05, 4.69) is 25.4 Å². The first-order valence-corrected chi connectivity index (χ1v) is 11.4. The normalized spacial score (nSPS) is 11.2. The van der Waals surface area contributed by atoms with Crippen LogP contribution in [0.25, 0.3) is 5.95 Å². The lowest BCUT2D eigenvalue weighted by molar-refractivity contribution is -0.131. The molecule has 1 unspecified atom stereocenters. The highest BCUT2D eigenvalue weighted by Gasteiger charge is 2.23. The third-order valence-electron chi connectivity index (χ3n) is 5.30. The number of amidine groups is 1. The number of ether oxygens (including phenoxy) is 3. The lowest BCUT2D eigenvalue weighted by atomic mass is 10.0. The van der Waals surface area contributed by atoms with Crippen molar-refractivity contribution in [1.29, 1.82) is 10.7 Å². The van der Waals surface area contributed by atoms with Crippen molar-refractivity contribution in [2.75, 3.05) is 19.0 Å². The molecular formula is C25H23N9O5. The van der Waals surface area contributed by atoms with E-state index in [9.17, 15) is 9.59 Å². The first-order chi connectivity index (χ1) is 18.8. The van der Waals surface area contributed by atoms with Crippen molar-refractivity contribution in [1.82, 2.24) is 24.7 Å². The average molecular weight is 530 g/mol. The molecule has 0 saturated carbocycles. The number of nitrogen functional groups attached to an aromatic ring is 1. The van der Waals surface area contributed by atoms with Gasteiger partial charge in [-0.3, -0.25) is 15.2 Å². The van der Waals surface area contributed by atoms with Crippen LogP contribution in [0.2, 0.25) is 0 Å². The van der Waals surface area contributed by atoms with Gasteiger partial charge in [0.15, 0.2) is 23.9 Å². The van der Waals surface area contributed by atoms with Gasteiger partial charge in [0.25, 0.3) is 5.95 Å². The number of hydrogen-bond donors (Lipinski definition) is 4. The van der Waals surface area contributed by atoms with Gasteiger partial charge in [-0.05, 0) is 35.9 Å². The van der Waals surface area contributed by atoms with E-state index in [1.807, 2.05) is 6.07 Å². The van der Waals surface area contributed by atoms with Crippen molar-refractivity contribution in [3.8, 4) is 29.3 Å². The number of methoxy groups -OCH3 is 1. The summed E-state index contributed by atoms with van der Waals surface area (Å²) < 4.78 is 17.1. The van der Waals surface area contributed by atoms with E-state index in [0.717, 1.165) is 4.68 Å². The summed E-state index contributed by atoms with van der Waals surface area (Å²) in [4.78, 5) is 35.3. The smallest absolute Gasteiger partial charge is 0.350 e. The Morgan fingerprint density at radius 1 is 1.21 bits per heavy atom. The van der Waals surface area contributed by atoms with Crippen LogP contribution in [0.1, 0.15) is 29.9 Å². The van der Waals surface area contributed by atoms with E-state index in [1.165, 1.54) is 38.6 Å². The highest BCUT2D eigenvalue weighted by molar-refractivity contribution is 5.98. The van der Waals surface area contributed by atoms with E-state index >= 15 is 0 Å². The number of carbonyl (C=O) groups excluding carboxylic acids is 1. The predicted octanol–water partition coefficient (Wildman–Crippen LogP) is 1.67. The molecule has 198 valence electrons. The Bertz CT molecular complexity index is 1610. The number of esters is 1. The van der Waals surface area contributed by atoms with Gasteiger partial charge in [-0.1, -0.05) is 6.07 Å². The zero-order valence-corrected chi connectivity index (χ0v) is 20.8. The number of anilines is 1. The molecule has 39 heavy (non-hydrogen) atoms. The molecule has 14 nitrogen and oxygen atoms in total. The van der Waals surface area contributed by atoms with Gasteiger partial charge in [0, 0.05) is 31.1 Å². The monoisotopic (exact) mass is 529 g/mol. The van der Waals surface area contributed by atoms with E-state index in [4.69, 9.17) is 30.6 Å². The lowest BCUT2D eigenvalue weighted by Gasteiger charge is -2.20. The van der Waals surface area contributed by atoms with Crippen molar-refractivity contribution in [2.45, 2.75) is 13.0 Å². The SMILES string of the molecule is COc1cc(C(Nc2ccc(C(=N)N)c(OC(C)=O)c2)c2nn(-c3ncccn3)c(=O)[nH]2)ccc1OCC#N. The molecule has 5 N–H and O–H groups in total. The van der Waals surface area contributed by atoms with Crippen LogP contribution < -0.4 is 31.0 Å². The van der Waals surface area contributed by atoms with Gasteiger partial charge >= 0.3 is 11.7 Å². The lowest BCUT2D eigenvalue weighted by Crippen LogP contribution is -2.18. The number of nitrogens with one attached hydrogen (secondary N) is 3. The summed E-state index contributed by atoms with van der Waals surface area (Å²) in [5.74, 6) is 0.173. The molecule has 0 aliphatic carbocycles. The molecule has 0 aliphatic rings. The number of aromatic nitrogens is 5. The van der Waals surface area contributed by atoms with Gasteiger partial charge in [-0.2, -0.15) is 5.26 Å². The van der Waals surface area contributed by atoms with Crippen LogP contribution in [0.3, 0.4) is 0 Å². The Morgan fingerprint density at radius 2 is 1.97 bits per heavy atom. The zero-order valence-electron chi connectivity index (χ0n) is 20.8. The van der Waals surface area contributed by atoms with Crippen molar-refractivity contribution < 1.29 is 19.0 Å². The quantitative estimate of drug-likeness (QED) is 0.101. The van der Waals surface area contributed by atoms with E-state index in [1.54, 1.807) is 30.3 Å². The fourth-order valence-corrected chi connectivity index (χ4v) is 3.65. The number of nitrogens with zero attached hydrogens (tertiary/aromatic N) is 5. The molecule has 0 aliphatic heterocycles. The van der Waals surface area contributed by atoms with Gasteiger partial charge in [0.2, 0.25) is 0 Å². The summed E-state index contributed by atoms with van der Waals surface area (Å²) in [6, 6.07) is 12.4. The summed E-state index contributed by atoms with van der Waals surface area (Å²) in [7, 11) is 1.45. The molecule has 4 rings (SSSR count). The number of aromatic amines is 1. The van der Waals surface area contributed by atoms with Crippen LogP contribution in [0.15, 0.2) is 59.7 Å². The summed E-state index contributed by atoms with van der Waals surface area (Å²) >= 11 is 0. The molecule has 0 saturated heterocycles. The molecule has 4 aromatic rings. The van der Waals surface area contributed by atoms with Crippen molar-refractivity contribution >= 4 is 17.5 Å². The number of H-pyrrole nitrogens is 1. The van der Waals surface area contributed by atoms with Crippen molar-refractivity contribution in [3.63, 3.8) is 0 Å². The summed E-state index contributed by atoms with van der Waals surface area (Å²) in [6.45, 7) is 1.06. The molecular weight excluding hydrogens is 506 g/mol. The fourth-order valence-electron chi connectivity index (χ4n) is 3.65.